The second-order valence-electron chi connectivity index (χ2n) is 5.97. The third-order valence-corrected chi connectivity index (χ3v) is 4.26. The van der Waals surface area contributed by atoms with Crippen LogP contribution in [0.2, 0.25) is 0 Å². The van der Waals surface area contributed by atoms with Crippen molar-refractivity contribution in [1.82, 2.24) is 15.0 Å². The van der Waals surface area contributed by atoms with E-state index in [4.69, 9.17) is 18.7 Å². The van der Waals surface area contributed by atoms with E-state index in [2.05, 4.69) is 17.0 Å². The van der Waals surface area contributed by atoms with Gasteiger partial charge in [-0.25, -0.2) is 4.98 Å². The molecule has 0 saturated heterocycles. The SMILES string of the molecule is CCOc1ccccc1-c1nc(CN(C)[C@@H](C)c2ccon2)c(C)o1. The predicted octanol–water partition coefficient (Wildman–Crippen LogP) is 4.23. The maximum atomic E-state index is 5.91. The van der Waals surface area contributed by atoms with E-state index in [0.717, 1.165) is 28.5 Å². The lowest BCUT2D eigenvalue weighted by atomic mass is 10.2. The van der Waals surface area contributed by atoms with Gasteiger partial charge in [0, 0.05) is 12.6 Å². The van der Waals surface area contributed by atoms with E-state index >= 15 is 0 Å². The summed E-state index contributed by atoms with van der Waals surface area (Å²) in [6.45, 7) is 7.23. The number of aromatic nitrogens is 2. The monoisotopic (exact) mass is 341 g/mol. The molecule has 1 aromatic carbocycles. The highest BCUT2D eigenvalue weighted by Crippen LogP contribution is 2.31. The molecule has 2 aromatic heterocycles. The number of aryl methyl sites for hydroxylation is 1. The largest absolute Gasteiger partial charge is 0.493 e. The van der Waals surface area contributed by atoms with Crippen LogP contribution < -0.4 is 4.74 Å². The number of rotatable bonds is 7. The van der Waals surface area contributed by atoms with E-state index in [1.54, 1.807) is 6.26 Å². The Bertz CT molecular complexity index is 811. The summed E-state index contributed by atoms with van der Waals surface area (Å²) in [6, 6.07) is 9.78. The van der Waals surface area contributed by atoms with Crippen molar-refractivity contribution in [2.24, 2.45) is 0 Å². The summed E-state index contributed by atoms with van der Waals surface area (Å²) in [4.78, 5) is 6.85. The highest BCUT2D eigenvalue weighted by atomic mass is 16.5. The van der Waals surface area contributed by atoms with Crippen molar-refractivity contribution in [3.63, 3.8) is 0 Å². The van der Waals surface area contributed by atoms with Crippen LogP contribution in [0.1, 0.15) is 37.0 Å². The Hall–Kier alpha value is -2.60. The number of oxazole rings is 1. The Balaban J connectivity index is 1.81. The molecular weight excluding hydrogens is 318 g/mol. The van der Waals surface area contributed by atoms with Gasteiger partial charge in [-0.2, -0.15) is 0 Å². The Kier molecular flexibility index (Phi) is 5.19. The smallest absolute Gasteiger partial charge is 0.230 e. The average molecular weight is 341 g/mol. The minimum Gasteiger partial charge on any atom is -0.493 e. The van der Waals surface area contributed by atoms with E-state index < -0.39 is 0 Å². The van der Waals surface area contributed by atoms with Crippen LogP contribution in [0.25, 0.3) is 11.5 Å². The third-order valence-electron chi connectivity index (χ3n) is 4.26. The molecule has 0 spiro atoms. The summed E-state index contributed by atoms with van der Waals surface area (Å²) in [5.74, 6) is 2.17. The summed E-state index contributed by atoms with van der Waals surface area (Å²) >= 11 is 0. The average Bonchev–Trinajstić information content (AvgIpc) is 3.26. The molecule has 0 radical (unpaired) electrons. The molecule has 1 atom stereocenters. The molecule has 0 aliphatic heterocycles. The molecule has 0 aliphatic carbocycles. The van der Waals surface area contributed by atoms with Crippen LogP contribution in [-0.4, -0.2) is 28.7 Å². The number of ether oxygens (including phenoxy) is 1. The van der Waals surface area contributed by atoms with Crippen molar-refractivity contribution in [1.29, 1.82) is 0 Å². The van der Waals surface area contributed by atoms with E-state index in [1.165, 1.54) is 0 Å². The van der Waals surface area contributed by atoms with Crippen molar-refractivity contribution in [3.05, 3.63) is 53.7 Å². The summed E-state index contributed by atoms with van der Waals surface area (Å²) in [7, 11) is 2.03. The van der Waals surface area contributed by atoms with Crippen LogP contribution in [-0.2, 0) is 6.54 Å². The van der Waals surface area contributed by atoms with Gasteiger partial charge in [-0.05, 0) is 40.0 Å². The lowest BCUT2D eigenvalue weighted by molar-refractivity contribution is 0.237. The Morgan fingerprint density at radius 3 is 2.76 bits per heavy atom. The zero-order valence-electron chi connectivity index (χ0n) is 15.0. The lowest BCUT2D eigenvalue weighted by Crippen LogP contribution is -2.22. The zero-order valence-corrected chi connectivity index (χ0v) is 15.0. The third kappa shape index (κ3) is 3.74. The fourth-order valence-electron chi connectivity index (χ4n) is 2.65. The Morgan fingerprint density at radius 1 is 1.24 bits per heavy atom. The minimum absolute atomic E-state index is 0.119. The molecule has 0 N–H and O–H groups in total. The summed E-state index contributed by atoms with van der Waals surface area (Å²) in [5, 5.41) is 4.01. The van der Waals surface area contributed by atoms with Gasteiger partial charge in [-0.15, -0.1) is 0 Å². The molecule has 132 valence electrons. The summed E-state index contributed by atoms with van der Waals surface area (Å²) in [6.07, 6.45) is 1.59. The quantitative estimate of drug-likeness (QED) is 0.641. The Morgan fingerprint density at radius 2 is 2.04 bits per heavy atom. The van der Waals surface area contributed by atoms with Gasteiger partial charge >= 0.3 is 0 Å². The van der Waals surface area contributed by atoms with Gasteiger partial charge in [0.2, 0.25) is 5.89 Å². The van der Waals surface area contributed by atoms with E-state index in [0.29, 0.717) is 19.0 Å². The van der Waals surface area contributed by atoms with E-state index in [9.17, 15) is 0 Å². The maximum Gasteiger partial charge on any atom is 0.230 e. The molecule has 6 heteroatoms. The fourth-order valence-corrected chi connectivity index (χ4v) is 2.65. The molecule has 25 heavy (non-hydrogen) atoms. The van der Waals surface area contributed by atoms with Gasteiger partial charge in [0.05, 0.1) is 23.9 Å². The first kappa shape index (κ1) is 17.2. The van der Waals surface area contributed by atoms with Crippen molar-refractivity contribution in [2.45, 2.75) is 33.4 Å². The van der Waals surface area contributed by atoms with E-state index in [1.807, 2.05) is 51.2 Å². The molecule has 0 saturated carbocycles. The first-order valence-corrected chi connectivity index (χ1v) is 8.39. The fraction of sp³-hybridized carbons (Fsp3) is 0.368. The first-order valence-electron chi connectivity index (χ1n) is 8.39. The molecule has 0 aliphatic rings. The van der Waals surface area contributed by atoms with Crippen molar-refractivity contribution < 1.29 is 13.7 Å². The second kappa shape index (κ2) is 7.53. The molecule has 2 heterocycles. The zero-order chi connectivity index (χ0) is 17.8. The normalized spacial score (nSPS) is 12.5. The molecule has 0 fully saturated rings. The number of nitrogens with zero attached hydrogens (tertiary/aromatic N) is 3. The predicted molar refractivity (Wildman–Crippen MR) is 94.2 cm³/mol. The molecule has 3 rings (SSSR count). The molecule has 0 bridgehead atoms. The molecule has 0 amide bonds. The molecule has 0 unspecified atom stereocenters. The molecule has 3 aromatic rings. The van der Waals surface area contributed by atoms with Crippen molar-refractivity contribution in [3.8, 4) is 17.2 Å². The highest BCUT2D eigenvalue weighted by molar-refractivity contribution is 5.63. The van der Waals surface area contributed by atoms with Crippen LogP contribution >= 0.6 is 0 Å². The van der Waals surface area contributed by atoms with Crippen LogP contribution in [0.3, 0.4) is 0 Å². The van der Waals surface area contributed by atoms with Crippen LogP contribution in [0.4, 0.5) is 0 Å². The number of benzene rings is 1. The maximum absolute atomic E-state index is 5.91. The van der Waals surface area contributed by atoms with Gasteiger partial charge in [0.1, 0.15) is 23.5 Å². The number of para-hydroxylation sites is 1. The Labute approximate surface area is 147 Å². The van der Waals surface area contributed by atoms with Crippen molar-refractivity contribution >= 4 is 0 Å². The lowest BCUT2D eigenvalue weighted by Gasteiger charge is -2.21. The van der Waals surface area contributed by atoms with Gasteiger partial charge in [-0.1, -0.05) is 17.3 Å². The van der Waals surface area contributed by atoms with Gasteiger partial charge in [0.15, 0.2) is 0 Å². The molecule has 6 nitrogen and oxygen atoms in total. The van der Waals surface area contributed by atoms with E-state index in [-0.39, 0.29) is 6.04 Å². The molecular formula is C19H23N3O3. The topological polar surface area (TPSA) is 64.5 Å². The minimum atomic E-state index is 0.119. The van der Waals surface area contributed by atoms with Gasteiger partial charge < -0.3 is 13.7 Å². The van der Waals surface area contributed by atoms with Crippen molar-refractivity contribution in [2.75, 3.05) is 13.7 Å². The van der Waals surface area contributed by atoms with Gasteiger partial charge in [-0.3, -0.25) is 4.90 Å². The van der Waals surface area contributed by atoms with Crippen LogP contribution in [0.5, 0.6) is 5.75 Å². The summed E-state index contributed by atoms with van der Waals surface area (Å²) in [5.41, 5.74) is 2.66. The standard InChI is InChI=1S/C19H23N3O3/c1-5-23-18-9-7-6-8-15(18)19-20-17(14(3)25-19)12-22(4)13(2)16-10-11-24-21-16/h6-11,13H,5,12H2,1-4H3/t13-/m0/s1. The van der Waals surface area contributed by atoms with Crippen LogP contribution in [0, 0.1) is 6.92 Å². The summed E-state index contributed by atoms with van der Waals surface area (Å²) < 4.78 is 16.5. The number of hydrogen-bond acceptors (Lipinski definition) is 6. The van der Waals surface area contributed by atoms with Crippen LogP contribution in [0.15, 0.2) is 45.5 Å². The first-order chi connectivity index (χ1) is 12.1. The number of hydrogen-bond donors (Lipinski definition) is 0. The highest BCUT2D eigenvalue weighted by Gasteiger charge is 2.20. The second-order valence-corrected chi connectivity index (χ2v) is 5.97. The van der Waals surface area contributed by atoms with Gasteiger partial charge in [0.25, 0.3) is 0 Å².